The molecule has 0 aromatic rings. The summed E-state index contributed by atoms with van der Waals surface area (Å²) in [5, 5.41) is 0. The maximum Gasteiger partial charge on any atom is 0.158 e. The van der Waals surface area contributed by atoms with Gasteiger partial charge in [-0.1, -0.05) is 39.5 Å². The van der Waals surface area contributed by atoms with Crippen molar-refractivity contribution in [1.82, 2.24) is 0 Å². The van der Waals surface area contributed by atoms with Crippen LogP contribution >= 0.6 is 0 Å². The Morgan fingerprint density at radius 1 is 1.14 bits per heavy atom. The summed E-state index contributed by atoms with van der Waals surface area (Å²) in [7, 11) is 1.57. The first kappa shape index (κ1) is 13.6. The highest BCUT2D eigenvalue weighted by Gasteiger charge is 2.00. The third kappa shape index (κ3) is 9.72. The number of hydrogen-bond acceptors (Lipinski definition) is 2. The van der Waals surface area contributed by atoms with Crippen molar-refractivity contribution in [3.05, 3.63) is 0 Å². The van der Waals surface area contributed by atoms with E-state index in [0.717, 1.165) is 12.3 Å². The molecule has 0 saturated heterocycles. The molecule has 0 rings (SSSR count). The van der Waals surface area contributed by atoms with E-state index in [1.54, 1.807) is 7.11 Å². The van der Waals surface area contributed by atoms with Crippen LogP contribution in [0.15, 0.2) is 0 Å². The third-order valence-electron chi connectivity index (χ3n) is 2.29. The molecule has 0 aliphatic carbocycles. The lowest BCUT2D eigenvalue weighted by molar-refractivity contribution is -0.122. The van der Waals surface area contributed by atoms with Crippen LogP contribution < -0.4 is 0 Å². The zero-order valence-electron chi connectivity index (χ0n) is 9.84. The molecule has 0 aliphatic heterocycles. The normalized spacial score (nSPS) is 10.9. The molecule has 0 amide bonds. The monoisotopic (exact) mass is 200 g/mol. The fourth-order valence-corrected chi connectivity index (χ4v) is 1.46. The van der Waals surface area contributed by atoms with Crippen LogP contribution in [-0.2, 0) is 9.53 Å². The van der Waals surface area contributed by atoms with Crippen molar-refractivity contribution in [3.8, 4) is 0 Å². The van der Waals surface area contributed by atoms with E-state index in [2.05, 4.69) is 13.8 Å². The Balaban J connectivity index is 3.09. The molecule has 14 heavy (non-hydrogen) atoms. The fraction of sp³-hybridized carbons (Fsp3) is 0.917. The number of rotatable bonds is 9. The van der Waals surface area contributed by atoms with E-state index in [0.29, 0.717) is 6.42 Å². The molecule has 0 aromatic heterocycles. The topological polar surface area (TPSA) is 26.3 Å². The van der Waals surface area contributed by atoms with Crippen molar-refractivity contribution in [1.29, 1.82) is 0 Å². The second-order valence-corrected chi connectivity index (χ2v) is 4.32. The molecule has 0 unspecified atom stereocenters. The van der Waals surface area contributed by atoms with Crippen LogP contribution in [0.3, 0.4) is 0 Å². The number of Topliss-reactive ketones (excluding diaryl/α,β-unsaturated/α-hetero) is 1. The number of methoxy groups -OCH3 is 1. The summed E-state index contributed by atoms with van der Waals surface area (Å²) in [4.78, 5) is 11.1. The van der Waals surface area contributed by atoms with Gasteiger partial charge in [0.2, 0.25) is 0 Å². The van der Waals surface area contributed by atoms with Crippen molar-refractivity contribution in [2.24, 2.45) is 5.92 Å². The highest BCUT2D eigenvalue weighted by Crippen LogP contribution is 2.10. The van der Waals surface area contributed by atoms with E-state index in [1.165, 1.54) is 25.7 Å². The highest BCUT2D eigenvalue weighted by atomic mass is 16.5. The molecule has 2 nitrogen and oxygen atoms in total. The fourth-order valence-electron chi connectivity index (χ4n) is 1.46. The zero-order chi connectivity index (χ0) is 10.8. The summed E-state index contributed by atoms with van der Waals surface area (Å²) >= 11 is 0. The van der Waals surface area contributed by atoms with Crippen LogP contribution in [0.4, 0.5) is 0 Å². The predicted molar refractivity (Wildman–Crippen MR) is 59.4 cm³/mol. The molecule has 0 atom stereocenters. The standard InChI is InChI=1S/C12H24O2/c1-11(2)8-6-4-5-7-9-12(13)10-14-3/h11H,4-10H2,1-3H3. The lowest BCUT2D eigenvalue weighted by Gasteiger charge is -2.03. The second-order valence-electron chi connectivity index (χ2n) is 4.32. The van der Waals surface area contributed by atoms with E-state index >= 15 is 0 Å². The van der Waals surface area contributed by atoms with Gasteiger partial charge in [0.05, 0.1) is 0 Å². The number of hydrogen-bond donors (Lipinski definition) is 0. The third-order valence-corrected chi connectivity index (χ3v) is 2.29. The van der Waals surface area contributed by atoms with Gasteiger partial charge < -0.3 is 4.74 Å². The Bertz CT molecular complexity index is 141. The van der Waals surface area contributed by atoms with E-state index in [-0.39, 0.29) is 12.4 Å². The van der Waals surface area contributed by atoms with Gasteiger partial charge in [-0.05, 0) is 12.3 Å². The first-order valence-corrected chi connectivity index (χ1v) is 5.67. The van der Waals surface area contributed by atoms with Crippen molar-refractivity contribution >= 4 is 5.78 Å². The lowest BCUT2D eigenvalue weighted by atomic mass is 10.0. The highest BCUT2D eigenvalue weighted by molar-refractivity contribution is 5.79. The first-order chi connectivity index (χ1) is 6.66. The molecule has 84 valence electrons. The summed E-state index contributed by atoms with van der Waals surface area (Å²) in [5.41, 5.74) is 0. The molecule has 0 spiro atoms. The lowest BCUT2D eigenvalue weighted by Crippen LogP contribution is -2.05. The van der Waals surface area contributed by atoms with Crippen molar-refractivity contribution in [2.75, 3.05) is 13.7 Å². The SMILES string of the molecule is COCC(=O)CCCCCCC(C)C. The van der Waals surface area contributed by atoms with Crippen molar-refractivity contribution < 1.29 is 9.53 Å². The van der Waals surface area contributed by atoms with E-state index in [4.69, 9.17) is 4.74 Å². The molecular weight excluding hydrogens is 176 g/mol. The molecule has 0 heterocycles. The van der Waals surface area contributed by atoms with Gasteiger partial charge in [0.25, 0.3) is 0 Å². The van der Waals surface area contributed by atoms with Crippen molar-refractivity contribution in [2.45, 2.75) is 52.4 Å². The predicted octanol–water partition coefficient (Wildman–Crippen LogP) is 3.20. The molecule has 0 N–H and O–H groups in total. The maximum atomic E-state index is 11.1. The van der Waals surface area contributed by atoms with Gasteiger partial charge in [-0.25, -0.2) is 0 Å². The van der Waals surface area contributed by atoms with Crippen LogP contribution in [-0.4, -0.2) is 19.5 Å². The molecule has 2 heteroatoms. The summed E-state index contributed by atoms with van der Waals surface area (Å²) in [6.07, 6.45) is 6.78. The Morgan fingerprint density at radius 3 is 2.36 bits per heavy atom. The molecule has 0 aliphatic rings. The van der Waals surface area contributed by atoms with Crippen LogP contribution in [0.2, 0.25) is 0 Å². The number of unbranched alkanes of at least 4 members (excludes halogenated alkanes) is 3. The van der Waals surface area contributed by atoms with Gasteiger partial charge in [0.15, 0.2) is 5.78 Å². The maximum absolute atomic E-state index is 11.1. The zero-order valence-corrected chi connectivity index (χ0v) is 9.84. The Kier molecular flexibility index (Phi) is 8.95. The summed E-state index contributed by atoms with van der Waals surface area (Å²) in [5.74, 6) is 1.04. The van der Waals surface area contributed by atoms with E-state index in [1.807, 2.05) is 0 Å². The smallest absolute Gasteiger partial charge is 0.158 e. The van der Waals surface area contributed by atoms with Crippen LogP contribution in [0.1, 0.15) is 52.4 Å². The molecule has 0 aromatic carbocycles. The minimum absolute atomic E-state index is 0.233. The molecule has 0 saturated carbocycles. The average molecular weight is 200 g/mol. The van der Waals surface area contributed by atoms with Gasteiger partial charge in [0, 0.05) is 13.5 Å². The number of carbonyl (C=O) groups is 1. The summed E-state index contributed by atoms with van der Waals surface area (Å²) in [6.45, 7) is 4.79. The quantitative estimate of drug-likeness (QED) is 0.534. The van der Waals surface area contributed by atoms with Crippen LogP contribution in [0, 0.1) is 5.92 Å². The molecular formula is C12H24O2. The minimum Gasteiger partial charge on any atom is -0.377 e. The number of carbonyl (C=O) groups excluding carboxylic acids is 1. The molecule has 0 bridgehead atoms. The van der Waals surface area contributed by atoms with Crippen LogP contribution in [0.25, 0.3) is 0 Å². The molecule has 0 fully saturated rings. The van der Waals surface area contributed by atoms with E-state index < -0.39 is 0 Å². The second kappa shape index (κ2) is 9.20. The Labute approximate surface area is 88.0 Å². The Hall–Kier alpha value is -0.370. The summed E-state index contributed by atoms with van der Waals surface area (Å²) < 4.78 is 4.76. The largest absolute Gasteiger partial charge is 0.377 e. The summed E-state index contributed by atoms with van der Waals surface area (Å²) in [6, 6.07) is 0. The van der Waals surface area contributed by atoms with Crippen molar-refractivity contribution in [3.63, 3.8) is 0 Å². The first-order valence-electron chi connectivity index (χ1n) is 5.67. The van der Waals surface area contributed by atoms with Gasteiger partial charge in [-0.3, -0.25) is 4.79 Å². The van der Waals surface area contributed by atoms with Gasteiger partial charge in [0.1, 0.15) is 6.61 Å². The minimum atomic E-state index is 0.233. The van der Waals surface area contributed by atoms with Crippen LogP contribution in [0.5, 0.6) is 0 Å². The molecule has 0 radical (unpaired) electrons. The number of ether oxygens (including phenoxy) is 1. The van der Waals surface area contributed by atoms with E-state index in [9.17, 15) is 4.79 Å². The Morgan fingerprint density at radius 2 is 1.79 bits per heavy atom. The van der Waals surface area contributed by atoms with Gasteiger partial charge >= 0.3 is 0 Å². The number of ketones is 1. The van der Waals surface area contributed by atoms with Gasteiger partial charge in [-0.15, -0.1) is 0 Å². The van der Waals surface area contributed by atoms with Gasteiger partial charge in [-0.2, -0.15) is 0 Å². The average Bonchev–Trinajstić information content (AvgIpc) is 2.11.